The lowest BCUT2D eigenvalue weighted by molar-refractivity contribution is 0.101. The summed E-state index contributed by atoms with van der Waals surface area (Å²) >= 11 is 5.62. The van der Waals surface area contributed by atoms with E-state index < -0.39 is 0 Å². The minimum Gasteiger partial charge on any atom is -0.505 e. The lowest BCUT2D eigenvalue weighted by Gasteiger charge is -2.03. The Morgan fingerprint density at radius 1 is 1.54 bits per heavy atom. The highest BCUT2D eigenvalue weighted by atomic mass is 35.5. The van der Waals surface area contributed by atoms with E-state index in [1.165, 1.54) is 19.1 Å². The van der Waals surface area contributed by atoms with Crippen molar-refractivity contribution >= 4 is 35.5 Å². The first-order chi connectivity index (χ1) is 5.52. The first-order valence-corrected chi connectivity index (χ1v) is 3.69. The van der Waals surface area contributed by atoms with Gasteiger partial charge in [-0.25, -0.2) is 0 Å². The van der Waals surface area contributed by atoms with Gasteiger partial charge in [0.05, 0.1) is 11.3 Å². The number of hydrogen-bond acceptors (Lipinski definition) is 3. The SMILES string of the molecule is CC(=O)c1cc(Cl)cc(N)c1O.Cl. The lowest BCUT2D eigenvalue weighted by Crippen LogP contribution is -1.96. The smallest absolute Gasteiger partial charge is 0.163 e. The van der Waals surface area contributed by atoms with E-state index in [0.717, 1.165) is 0 Å². The molecule has 1 aromatic rings. The van der Waals surface area contributed by atoms with Crippen LogP contribution in [0.1, 0.15) is 17.3 Å². The van der Waals surface area contributed by atoms with E-state index >= 15 is 0 Å². The van der Waals surface area contributed by atoms with Crippen molar-refractivity contribution in [2.75, 3.05) is 5.73 Å². The fourth-order valence-corrected chi connectivity index (χ4v) is 1.12. The Balaban J connectivity index is 0.00000144. The number of hydrogen-bond donors (Lipinski definition) is 2. The molecule has 5 heteroatoms. The molecule has 0 fully saturated rings. The van der Waals surface area contributed by atoms with Gasteiger partial charge in [-0.2, -0.15) is 0 Å². The van der Waals surface area contributed by atoms with Gasteiger partial charge in [0.25, 0.3) is 0 Å². The zero-order valence-electron chi connectivity index (χ0n) is 6.87. The molecule has 0 aliphatic heterocycles. The van der Waals surface area contributed by atoms with Crippen LogP contribution < -0.4 is 5.73 Å². The van der Waals surface area contributed by atoms with Crippen molar-refractivity contribution in [1.82, 2.24) is 0 Å². The quantitative estimate of drug-likeness (QED) is 0.435. The molecule has 0 heterocycles. The average Bonchev–Trinajstić information content (AvgIpc) is 1.96. The standard InChI is InChI=1S/C8H8ClNO2.ClH/c1-4(11)6-2-5(9)3-7(10)8(6)12;/h2-3,12H,10H2,1H3;1H. The predicted octanol–water partition coefficient (Wildman–Crippen LogP) is 2.25. The fourth-order valence-electron chi connectivity index (χ4n) is 0.889. The average molecular weight is 222 g/mol. The van der Waals surface area contributed by atoms with Gasteiger partial charge >= 0.3 is 0 Å². The van der Waals surface area contributed by atoms with E-state index in [9.17, 15) is 9.90 Å². The third-order valence-electron chi connectivity index (χ3n) is 1.48. The summed E-state index contributed by atoms with van der Waals surface area (Å²) in [5.41, 5.74) is 5.64. The number of halogens is 2. The van der Waals surface area contributed by atoms with Crippen LogP contribution in [0.2, 0.25) is 5.02 Å². The highest BCUT2D eigenvalue weighted by Crippen LogP contribution is 2.29. The maximum absolute atomic E-state index is 10.9. The first kappa shape index (κ1) is 12.1. The second kappa shape index (κ2) is 4.35. The number of phenols is 1. The fraction of sp³-hybridized carbons (Fsp3) is 0.125. The van der Waals surface area contributed by atoms with Crippen molar-refractivity contribution in [1.29, 1.82) is 0 Å². The van der Waals surface area contributed by atoms with Gasteiger partial charge in [0.1, 0.15) is 5.75 Å². The maximum Gasteiger partial charge on any atom is 0.163 e. The molecule has 3 N–H and O–H groups in total. The monoisotopic (exact) mass is 221 g/mol. The number of Topliss-reactive ketones (excluding diaryl/α,β-unsaturated/α-hetero) is 1. The van der Waals surface area contributed by atoms with Gasteiger partial charge < -0.3 is 10.8 Å². The third-order valence-corrected chi connectivity index (χ3v) is 1.70. The van der Waals surface area contributed by atoms with Crippen LogP contribution in [-0.2, 0) is 0 Å². The summed E-state index contributed by atoms with van der Waals surface area (Å²) in [6.07, 6.45) is 0. The molecule has 72 valence electrons. The summed E-state index contributed by atoms with van der Waals surface area (Å²) in [6.45, 7) is 1.34. The Morgan fingerprint density at radius 3 is 2.54 bits per heavy atom. The predicted molar refractivity (Wildman–Crippen MR) is 54.8 cm³/mol. The Morgan fingerprint density at radius 2 is 2.08 bits per heavy atom. The summed E-state index contributed by atoms with van der Waals surface area (Å²) in [5.74, 6) is -0.464. The molecule has 0 bridgehead atoms. The molecule has 1 aromatic carbocycles. The number of carbonyl (C=O) groups excluding carboxylic acids is 1. The van der Waals surface area contributed by atoms with Crippen LogP contribution in [-0.4, -0.2) is 10.9 Å². The molecule has 0 aromatic heterocycles. The molecule has 0 spiro atoms. The number of nitrogens with two attached hydrogens (primary N) is 1. The second-order valence-electron chi connectivity index (χ2n) is 2.45. The van der Waals surface area contributed by atoms with Gasteiger partial charge in [0, 0.05) is 5.02 Å². The molecule has 13 heavy (non-hydrogen) atoms. The van der Waals surface area contributed by atoms with Crippen molar-refractivity contribution in [2.45, 2.75) is 6.92 Å². The zero-order valence-corrected chi connectivity index (χ0v) is 8.45. The summed E-state index contributed by atoms with van der Waals surface area (Å²) in [5, 5.41) is 9.63. The summed E-state index contributed by atoms with van der Waals surface area (Å²) < 4.78 is 0. The van der Waals surface area contributed by atoms with Gasteiger partial charge in [0.15, 0.2) is 5.78 Å². The molecular weight excluding hydrogens is 213 g/mol. The minimum atomic E-state index is -0.262. The molecule has 0 aliphatic rings. The number of carbonyl (C=O) groups is 1. The molecular formula is C8H9Cl2NO2. The van der Waals surface area contributed by atoms with Crippen LogP contribution in [0.3, 0.4) is 0 Å². The van der Waals surface area contributed by atoms with Crippen LogP contribution in [0.25, 0.3) is 0 Å². The largest absolute Gasteiger partial charge is 0.505 e. The van der Waals surface area contributed by atoms with Crippen LogP contribution in [0.4, 0.5) is 5.69 Å². The topological polar surface area (TPSA) is 63.3 Å². The number of aromatic hydroxyl groups is 1. The highest BCUT2D eigenvalue weighted by Gasteiger charge is 2.10. The lowest BCUT2D eigenvalue weighted by atomic mass is 10.1. The number of phenolic OH excluding ortho intramolecular Hbond substituents is 1. The molecule has 3 nitrogen and oxygen atoms in total. The zero-order chi connectivity index (χ0) is 9.30. The van der Waals surface area contributed by atoms with Crippen molar-refractivity contribution in [3.8, 4) is 5.75 Å². The van der Waals surface area contributed by atoms with E-state index in [2.05, 4.69) is 0 Å². The minimum absolute atomic E-state index is 0. The number of ketones is 1. The summed E-state index contributed by atoms with van der Waals surface area (Å²) in [4.78, 5) is 10.9. The second-order valence-corrected chi connectivity index (χ2v) is 2.88. The molecule has 0 unspecified atom stereocenters. The van der Waals surface area contributed by atoms with Crippen LogP contribution in [0.15, 0.2) is 12.1 Å². The Labute approximate surface area is 86.9 Å². The van der Waals surface area contributed by atoms with E-state index in [0.29, 0.717) is 5.02 Å². The van der Waals surface area contributed by atoms with Crippen molar-refractivity contribution in [2.24, 2.45) is 0 Å². The Hall–Kier alpha value is -0.930. The molecule has 0 saturated heterocycles. The molecule has 0 amide bonds. The highest BCUT2D eigenvalue weighted by molar-refractivity contribution is 6.31. The van der Waals surface area contributed by atoms with Gasteiger partial charge in [-0.15, -0.1) is 12.4 Å². The van der Waals surface area contributed by atoms with E-state index in [1.807, 2.05) is 0 Å². The van der Waals surface area contributed by atoms with E-state index in [4.69, 9.17) is 17.3 Å². The normalized spacial score (nSPS) is 9.08. The van der Waals surface area contributed by atoms with E-state index in [-0.39, 0.29) is 35.2 Å². The first-order valence-electron chi connectivity index (χ1n) is 3.31. The van der Waals surface area contributed by atoms with E-state index in [1.54, 1.807) is 0 Å². The molecule has 0 saturated carbocycles. The van der Waals surface area contributed by atoms with Crippen LogP contribution in [0.5, 0.6) is 5.75 Å². The van der Waals surface area contributed by atoms with Gasteiger partial charge in [-0.3, -0.25) is 4.79 Å². The molecule has 0 radical (unpaired) electrons. The number of benzene rings is 1. The molecule has 1 rings (SSSR count). The summed E-state index contributed by atoms with van der Waals surface area (Å²) in [7, 11) is 0. The summed E-state index contributed by atoms with van der Waals surface area (Å²) in [6, 6.07) is 2.78. The van der Waals surface area contributed by atoms with Gasteiger partial charge in [0.2, 0.25) is 0 Å². The Kier molecular flexibility index (Phi) is 4.04. The van der Waals surface area contributed by atoms with Crippen LogP contribution in [0, 0.1) is 0 Å². The maximum atomic E-state index is 10.9. The van der Waals surface area contributed by atoms with Gasteiger partial charge in [-0.1, -0.05) is 11.6 Å². The molecule has 0 aliphatic carbocycles. The van der Waals surface area contributed by atoms with Crippen molar-refractivity contribution in [3.05, 3.63) is 22.7 Å². The third kappa shape index (κ3) is 2.50. The Bertz CT molecular complexity index is 339. The number of nitrogen functional groups attached to an aromatic ring is 1. The van der Waals surface area contributed by atoms with Crippen molar-refractivity contribution < 1.29 is 9.90 Å². The number of rotatable bonds is 1. The van der Waals surface area contributed by atoms with Crippen molar-refractivity contribution in [3.63, 3.8) is 0 Å². The van der Waals surface area contributed by atoms with Gasteiger partial charge in [-0.05, 0) is 19.1 Å². The molecule has 0 atom stereocenters. The number of anilines is 1. The van der Waals surface area contributed by atoms with Crippen LogP contribution >= 0.6 is 24.0 Å².